The van der Waals surface area contributed by atoms with E-state index in [0.717, 1.165) is 32.0 Å². The zero-order valence-corrected chi connectivity index (χ0v) is 16.7. The lowest BCUT2D eigenvalue weighted by Gasteiger charge is -2.11. The van der Waals surface area contributed by atoms with Gasteiger partial charge in [0.05, 0.1) is 10.2 Å². The Morgan fingerprint density at radius 1 is 1.11 bits per heavy atom. The molecular weight excluding hydrogens is 392 g/mol. The number of aromatic nitrogens is 1. The summed E-state index contributed by atoms with van der Waals surface area (Å²) in [7, 11) is 0. The van der Waals surface area contributed by atoms with Crippen molar-refractivity contribution in [2.24, 2.45) is 0 Å². The molecule has 0 bridgehead atoms. The van der Waals surface area contributed by atoms with Crippen molar-refractivity contribution in [3.05, 3.63) is 77.3 Å². The summed E-state index contributed by atoms with van der Waals surface area (Å²) in [5, 5.41) is 4.47. The molecule has 0 saturated heterocycles. The van der Waals surface area contributed by atoms with E-state index in [9.17, 15) is 4.79 Å². The molecule has 3 aromatic carbocycles. The maximum Gasteiger partial charge on any atom is 0.262 e. The normalized spacial score (nSPS) is 10.8. The first-order valence-corrected chi connectivity index (χ1v) is 9.93. The van der Waals surface area contributed by atoms with Crippen molar-refractivity contribution >= 4 is 44.7 Å². The largest absolute Gasteiger partial charge is 0.484 e. The number of halogens is 1. The van der Waals surface area contributed by atoms with Crippen molar-refractivity contribution in [3.8, 4) is 16.3 Å². The van der Waals surface area contributed by atoms with Crippen LogP contribution in [0, 0.1) is 6.92 Å². The van der Waals surface area contributed by atoms with E-state index in [0.29, 0.717) is 10.8 Å². The molecule has 28 heavy (non-hydrogen) atoms. The van der Waals surface area contributed by atoms with Crippen LogP contribution in [0.3, 0.4) is 0 Å². The molecule has 1 heterocycles. The molecular formula is C22H17ClN2O2S. The summed E-state index contributed by atoms with van der Waals surface area (Å²) in [6.45, 7) is 1.88. The minimum absolute atomic E-state index is 0.0769. The van der Waals surface area contributed by atoms with Crippen LogP contribution in [0.4, 0.5) is 5.69 Å². The van der Waals surface area contributed by atoms with Crippen LogP contribution in [-0.4, -0.2) is 17.5 Å². The number of carbonyl (C=O) groups excluding carboxylic acids is 1. The van der Waals surface area contributed by atoms with Crippen molar-refractivity contribution < 1.29 is 9.53 Å². The van der Waals surface area contributed by atoms with Crippen molar-refractivity contribution in [2.75, 3.05) is 11.9 Å². The molecule has 0 aliphatic carbocycles. The van der Waals surface area contributed by atoms with Crippen molar-refractivity contribution in [3.63, 3.8) is 0 Å². The molecule has 0 aliphatic rings. The van der Waals surface area contributed by atoms with Crippen LogP contribution in [0.15, 0.2) is 66.7 Å². The Bertz CT molecular complexity index is 1110. The number of thiazole rings is 1. The molecule has 1 N–H and O–H groups in total. The minimum Gasteiger partial charge on any atom is -0.484 e. The van der Waals surface area contributed by atoms with Gasteiger partial charge in [-0.2, -0.15) is 0 Å². The molecule has 0 spiro atoms. The van der Waals surface area contributed by atoms with Gasteiger partial charge in [0.2, 0.25) is 0 Å². The van der Waals surface area contributed by atoms with E-state index in [1.807, 2.05) is 43.3 Å². The highest BCUT2D eigenvalue weighted by Crippen LogP contribution is 2.32. The number of benzene rings is 3. The monoisotopic (exact) mass is 408 g/mol. The summed E-state index contributed by atoms with van der Waals surface area (Å²) >= 11 is 7.48. The van der Waals surface area contributed by atoms with Crippen LogP contribution in [0.1, 0.15) is 5.56 Å². The molecule has 1 aromatic heterocycles. The van der Waals surface area contributed by atoms with Crippen LogP contribution < -0.4 is 10.1 Å². The van der Waals surface area contributed by atoms with Gasteiger partial charge in [0, 0.05) is 16.3 Å². The van der Waals surface area contributed by atoms with Gasteiger partial charge in [-0.15, -0.1) is 11.3 Å². The number of carbonyl (C=O) groups is 1. The van der Waals surface area contributed by atoms with E-state index in [1.54, 1.807) is 35.6 Å². The van der Waals surface area contributed by atoms with E-state index < -0.39 is 0 Å². The standard InChI is InChI=1S/C22H17ClN2O2S/c1-14-6-7-15(22-25-18-4-2-3-5-20(18)28-22)12-19(14)24-21(26)13-27-17-10-8-16(23)9-11-17/h2-12H,13H2,1H3,(H,24,26). The number of hydrogen-bond acceptors (Lipinski definition) is 4. The molecule has 140 valence electrons. The van der Waals surface area contributed by atoms with Crippen LogP contribution in [0.25, 0.3) is 20.8 Å². The summed E-state index contributed by atoms with van der Waals surface area (Å²) in [5.41, 5.74) is 3.68. The summed E-state index contributed by atoms with van der Waals surface area (Å²) < 4.78 is 6.65. The van der Waals surface area contributed by atoms with Gasteiger partial charge in [-0.3, -0.25) is 4.79 Å². The summed E-state index contributed by atoms with van der Waals surface area (Å²) in [4.78, 5) is 17.0. The number of anilines is 1. The summed E-state index contributed by atoms with van der Waals surface area (Å²) in [5.74, 6) is 0.374. The molecule has 0 saturated carbocycles. The predicted molar refractivity (Wildman–Crippen MR) is 115 cm³/mol. The first kappa shape index (κ1) is 18.5. The number of ether oxygens (including phenoxy) is 1. The lowest BCUT2D eigenvalue weighted by Crippen LogP contribution is -2.20. The molecule has 4 rings (SSSR count). The van der Waals surface area contributed by atoms with Gasteiger partial charge in [0.15, 0.2) is 6.61 Å². The van der Waals surface area contributed by atoms with Gasteiger partial charge < -0.3 is 10.1 Å². The van der Waals surface area contributed by atoms with E-state index in [2.05, 4.69) is 16.4 Å². The molecule has 6 heteroatoms. The number of hydrogen-bond donors (Lipinski definition) is 1. The van der Waals surface area contributed by atoms with Gasteiger partial charge in [-0.25, -0.2) is 4.98 Å². The third-order valence-corrected chi connectivity index (χ3v) is 5.57. The Hall–Kier alpha value is -2.89. The average molecular weight is 409 g/mol. The van der Waals surface area contributed by atoms with Gasteiger partial charge in [0.1, 0.15) is 10.8 Å². The third kappa shape index (κ3) is 4.16. The molecule has 4 aromatic rings. The van der Waals surface area contributed by atoms with Crippen LogP contribution in [0.5, 0.6) is 5.75 Å². The molecule has 1 amide bonds. The smallest absolute Gasteiger partial charge is 0.262 e. The number of para-hydroxylation sites is 1. The second-order valence-corrected chi connectivity index (χ2v) is 7.77. The molecule has 0 unspecified atom stereocenters. The van der Waals surface area contributed by atoms with Crippen molar-refractivity contribution in [1.82, 2.24) is 4.98 Å². The molecule has 4 nitrogen and oxygen atoms in total. The Morgan fingerprint density at radius 2 is 1.89 bits per heavy atom. The van der Waals surface area contributed by atoms with Crippen molar-refractivity contribution in [2.45, 2.75) is 6.92 Å². The SMILES string of the molecule is Cc1ccc(-c2nc3ccccc3s2)cc1NC(=O)COc1ccc(Cl)cc1. The second-order valence-electron chi connectivity index (χ2n) is 6.31. The maximum atomic E-state index is 12.3. The average Bonchev–Trinajstić information content (AvgIpc) is 3.13. The molecule has 0 radical (unpaired) electrons. The maximum absolute atomic E-state index is 12.3. The molecule has 0 aliphatic heterocycles. The fourth-order valence-electron chi connectivity index (χ4n) is 2.75. The highest BCUT2D eigenvalue weighted by atomic mass is 35.5. The van der Waals surface area contributed by atoms with Gasteiger partial charge in [-0.05, 0) is 55.0 Å². The highest BCUT2D eigenvalue weighted by molar-refractivity contribution is 7.21. The number of nitrogens with zero attached hydrogens (tertiary/aromatic N) is 1. The molecule has 0 atom stereocenters. The van der Waals surface area contributed by atoms with E-state index >= 15 is 0 Å². The lowest BCUT2D eigenvalue weighted by atomic mass is 10.1. The van der Waals surface area contributed by atoms with E-state index in [-0.39, 0.29) is 12.5 Å². The summed E-state index contributed by atoms with van der Waals surface area (Å²) in [6.07, 6.45) is 0. The zero-order chi connectivity index (χ0) is 19.5. The van der Waals surface area contributed by atoms with E-state index in [1.165, 1.54) is 0 Å². The predicted octanol–water partition coefficient (Wildman–Crippen LogP) is 5.94. The fourth-order valence-corrected chi connectivity index (χ4v) is 3.84. The second kappa shape index (κ2) is 8.00. The third-order valence-electron chi connectivity index (χ3n) is 4.24. The molecule has 0 fully saturated rings. The summed E-state index contributed by atoms with van der Waals surface area (Å²) in [6, 6.07) is 20.9. The number of nitrogens with one attached hydrogen (secondary N) is 1. The minimum atomic E-state index is -0.223. The van der Waals surface area contributed by atoms with Gasteiger partial charge in [0.25, 0.3) is 5.91 Å². The Kier molecular flexibility index (Phi) is 5.28. The quantitative estimate of drug-likeness (QED) is 0.444. The Morgan fingerprint density at radius 3 is 2.68 bits per heavy atom. The van der Waals surface area contributed by atoms with Gasteiger partial charge in [-0.1, -0.05) is 35.9 Å². The number of rotatable bonds is 5. The Labute approximate surface area is 171 Å². The number of amides is 1. The van der Waals surface area contributed by atoms with Crippen molar-refractivity contribution in [1.29, 1.82) is 0 Å². The van der Waals surface area contributed by atoms with Gasteiger partial charge >= 0.3 is 0 Å². The fraction of sp³-hybridized carbons (Fsp3) is 0.0909. The van der Waals surface area contributed by atoms with Crippen LogP contribution in [0.2, 0.25) is 5.02 Å². The van der Waals surface area contributed by atoms with Crippen LogP contribution in [-0.2, 0) is 4.79 Å². The van der Waals surface area contributed by atoms with Crippen LogP contribution >= 0.6 is 22.9 Å². The topological polar surface area (TPSA) is 51.2 Å². The Balaban J connectivity index is 1.49. The first-order valence-electron chi connectivity index (χ1n) is 8.73. The zero-order valence-electron chi connectivity index (χ0n) is 15.1. The lowest BCUT2D eigenvalue weighted by molar-refractivity contribution is -0.118. The first-order chi connectivity index (χ1) is 13.6. The number of aryl methyl sites for hydroxylation is 1. The number of fused-ring (bicyclic) bond motifs is 1. The highest BCUT2D eigenvalue weighted by Gasteiger charge is 2.10. The van der Waals surface area contributed by atoms with E-state index in [4.69, 9.17) is 16.3 Å².